The molecule has 0 amide bonds. The molecule has 0 spiro atoms. The van der Waals surface area contributed by atoms with E-state index in [2.05, 4.69) is 20.8 Å². The van der Waals surface area contributed by atoms with Crippen LogP contribution in [0.4, 0.5) is 0 Å². The van der Waals surface area contributed by atoms with Gasteiger partial charge in [0.05, 0.1) is 0 Å². The van der Waals surface area contributed by atoms with Crippen LogP contribution in [0, 0.1) is 0 Å². The Hall–Kier alpha value is -2.38. The van der Waals surface area contributed by atoms with E-state index in [1.54, 1.807) is 0 Å². The van der Waals surface area contributed by atoms with E-state index < -0.39 is 36.6 Å². The van der Waals surface area contributed by atoms with Gasteiger partial charge in [0, 0.05) is 19.4 Å². The second-order valence-electron chi connectivity index (χ2n) is 4.07. The number of carbonyl (C=O) groups is 4. The van der Waals surface area contributed by atoms with Crippen LogP contribution in [0.1, 0.15) is 20.8 Å². The maximum absolute atomic E-state index is 11.5. The molecule has 0 aliphatic heterocycles. The summed E-state index contributed by atoms with van der Waals surface area (Å²) in [6.45, 7) is 5.97. The predicted octanol–water partition coefficient (Wildman–Crippen LogP) is 0.144. The summed E-state index contributed by atoms with van der Waals surface area (Å²) >= 11 is 0. The van der Waals surface area contributed by atoms with Crippen LogP contribution in [0.25, 0.3) is 0 Å². The Morgan fingerprint density at radius 1 is 0.905 bits per heavy atom. The van der Waals surface area contributed by atoms with Gasteiger partial charge in [0.1, 0.15) is 13.2 Å². The van der Waals surface area contributed by atoms with Gasteiger partial charge in [-0.25, -0.2) is 9.59 Å². The van der Waals surface area contributed by atoms with Crippen LogP contribution in [0.3, 0.4) is 0 Å². The molecule has 0 aliphatic carbocycles. The molecular formula is C13H18O8. The molecule has 0 radical (unpaired) electrons. The lowest BCUT2D eigenvalue weighted by molar-refractivity contribution is -0.170. The van der Waals surface area contributed by atoms with Crippen LogP contribution in [0.2, 0.25) is 0 Å². The van der Waals surface area contributed by atoms with Gasteiger partial charge in [0.15, 0.2) is 12.7 Å². The van der Waals surface area contributed by atoms with E-state index in [1.807, 2.05) is 0 Å². The van der Waals surface area contributed by atoms with Crippen molar-refractivity contribution in [3.63, 3.8) is 0 Å². The number of carbonyl (C=O) groups excluding carboxylic acids is 4. The molecule has 118 valence electrons. The topological polar surface area (TPSA) is 105 Å². The largest absolute Gasteiger partial charge is 0.462 e. The lowest BCUT2D eigenvalue weighted by Gasteiger charge is -2.17. The Bertz CT molecular complexity index is 408. The first-order valence-corrected chi connectivity index (χ1v) is 6.01. The quantitative estimate of drug-likeness (QED) is 0.354. The summed E-state index contributed by atoms with van der Waals surface area (Å²) in [6, 6.07) is 0. The molecule has 0 rings (SSSR count). The highest BCUT2D eigenvalue weighted by molar-refractivity contribution is 5.88. The van der Waals surface area contributed by atoms with Crippen LogP contribution in [-0.2, 0) is 38.1 Å². The van der Waals surface area contributed by atoms with Crippen LogP contribution in [0.5, 0.6) is 0 Å². The SMILES string of the molecule is C=C(C)C(=O)OCC(=O)OC(COC(C)=O)COC(C)=O. The second kappa shape index (κ2) is 9.51. The standard InChI is InChI=1S/C13H18O8/c1-8(2)13(17)20-7-12(16)21-11(5-18-9(3)14)6-19-10(4)15/h11H,1,5-7H2,2-4H3. The normalized spacial score (nSPS) is 9.71. The number of ether oxygens (including phenoxy) is 4. The molecule has 8 nitrogen and oxygen atoms in total. The summed E-state index contributed by atoms with van der Waals surface area (Å²) in [4.78, 5) is 44.0. The zero-order chi connectivity index (χ0) is 16.4. The minimum Gasteiger partial charge on any atom is -0.462 e. The van der Waals surface area contributed by atoms with Crippen LogP contribution < -0.4 is 0 Å². The van der Waals surface area contributed by atoms with Gasteiger partial charge in [-0.15, -0.1) is 0 Å². The van der Waals surface area contributed by atoms with Crippen LogP contribution in [0.15, 0.2) is 12.2 Å². The van der Waals surface area contributed by atoms with Gasteiger partial charge in [0.2, 0.25) is 0 Å². The van der Waals surface area contributed by atoms with Crippen molar-refractivity contribution in [2.24, 2.45) is 0 Å². The summed E-state index contributed by atoms with van der Waals surface area (Å²) in [5.74, 6) is -2.75. The maximum Gasteiger partial charge on any atom is 0.344 e. The Morgan fingerprint density at radius 2 is 1.38 bits per heavy atom. The third-order valence-electron chi connectivity index (χ3n) is 1.91. The fraction of sp³-hybridized carbons (Fsp3) is 0.538. The van der Waals surface area contributed by atoms with Gasteiger partial charge in [-0.2, -0.15) is 0 Å². The van der Waals surface area contributed by atoms with E-state index >= 15 is 0 Å². The molecule has 21 heavy (non-hydrogen) atoms. The number of hydrogen-bond acceptors (Lipinski definition) is 8. The Labute approximate surface area is 122 Å². The molecule has 0 aromatic heterocycles. The molecule has 0 fully saturated rings. The van der Waals surface area contributed by atoms with Crippen molar-refractivity contribution in [1.82, 2.24) is 0 Å². The lowest BCUT2D eigenvalue weighted by Crippen LogP contribution is -2.32. The summed E-state index contributed by atoms with van der Waals surface area (Å²) in [7, 11) is 0. The highest BCUT2D eigenvalue weighted by Crippen LogP contribution is 1.99. The maximum atomic E-state index is 11.5. The number of esters is 4. The van der Waals surface area contributed by atoms with Gasteiger partial charge < -0.3 is 18.9 Å². The summed E-state index contributed by atoms with van der Waals surface area (Å²) in [5, 5.41) is 0. The van der Waals surface area contributed by atoms with Crippen LogP contribution >= 0.6 is 0 Å². The minimum absolute atomic E-state index is 0.138. The van der Waals surface area contributed by atoms with Gasteiger partial charge in [-0.05, 0) is 6.92 Å². The molecule has 0 N–H and O–H groups in total. The molecule has 0 bridgehead atoms. The first kappa shape index (κ1) is 18.6. The zero-order valence-electron chi connectivity index (χ0n) is 12.2. The molecule has 0 atom stereocenters. The highest BCUT2D eigenvalue weighted by atomic mass is 16.6. The molecule has 0 aromatic carbocycles. The average molecular weight is 302 g/mol. The molecule has 0 unspecified atom stereocenters. The predicted molar refractivity (Wildman–Crippen MR) is 68.9 cm³/mol. The van der Waals surface area contributed by atoms with E-state index in [-0.39, 0.29) is 18.8 Å². The Balaban J connectivity index is 4.32. The molecule has 0 heterocycles. The first-order chi connectivity index (χ1) is 9.72. The van der Waals surface area contributed by atoms with E-state index in [9.17, 15) is 19.2 Å². The Morgan fingerprint density at radius 3 is 1.76 bits per heavy atom. The van der Waals surface area contributed by atoms with E-state index in [0.717, 1.165) is 0 Å². The van der Waals surface area contributed by atoms with Crippen molar-refractivity contribution in [3.05, 3.63) is 12.2 Å². The summed E-state index contributed by atoms with van der Waals surface area (Å²) in [6.07, 6.45) is -0.978. The fourth-order valence-corrected chi connectivity index (χ4v) is 1.00. The smallest absolute Gasteiger partial charge is 0.344 e. The van der Waals surface area contributed by atoms with Crippen molar-refractivity contribution < 1.29 is 38.1 Å². The average Bonchev–Trinajstić information content (AvgIpc) is 2.38. The van der Waals surface area contributed by atoms with Crippen molar-refractivity contribution in [1.29, 1.82) is 0 Å². The highest BCUT2D eigenvalue weighted by Gasteiger charge is 2.19. The molecule has 0 aliphatic rings. The van der Waals surface area contributed by atoms with Crippen molar-refractivity contribution >= 4 is 23.9 Å². The molecule has 0 saturated carbocycles. The zero-order valence-corrected chi connectivity index (χ0v) is 12.2. The molecular weight excluding hydrogens is 284 g/mol. The van der Waals surface area contributed by atoms with E-state index in [0.29, 0.717) is 0 Å². The van der Waals surface area contributed by atoms with E-state index in [1.165, 1.54) is 20.8 Å². The molecule has 0 aromatic rings. The van der Waals surface area contributed by atoms with Gasteiger partial charge in [0.25, 0.3) is 0 Å². The molecule has 0 saturated heterocycles. The second-order valence-corrected chi connectivity index (χ2v) is 4.07. The Kier molecular flexibility index (Phi) is 8.43. The summed E-state index contributed by atoms with van der Waals surface area (Å²) in [5.41, 5.74) is 0.138. The number of hydrogen-bond donors (Lipinski definition) is 0. The van der Waals surface area contributed by atoms with E-state index in [4.69, 9.17) is 4.74 Å². The first-order valence-electron chi connectivity index (χ1n) is 6.01. The van der Waals surface area contributed by atoms with Crippen molar-refractivity contribution in [2.75, 3.05) is 19.8 Å². The van der Waals surface area contributed by atoms with Crippen LogP contribution in [-0.4, -0.2) is 49.8 Å². The van der Waals surface area contributed by atoms with Gasteiger partial charge >= 0.3 is 23.9 Å². The van der Waals surface area contributed by atoms with Crippen molar-refractivity contribution in [2.45, 2.75) is 26.9 Å². The third-order valence-corrected chi connectivity index (χ3v) is 1.91. The lowest BCUT2D eigenvalue weighted by atomic mass is 10.4. The molecule has 8 heteroatoms. The van der Waals surface area contributed by atoms with Crippen molar-refractivity contribution in [3.8, 4) is 0 Å². The van der Waals surface area contributed by atoms with Gasteiger partial charge in [-0.1, -0.05) is 6.58 Å². The number of rotatable bonds is 8. The minimum atomic E-state index is -0.978. The third kappa shape index (κ3) is 10.1. The fourth-order valence-electron chi connectivity index (χ4n) is 1.00. The summed E-state index contributed by atoms with van der Waals surface area (Å²) < 4.78 is 18.8. The van der Waals surface area contributed by atoms with Gasteiger partial charge in [-0.3, -0.25) is 9.59 Å². The monoisotopic (exact) mass is 302 g/mol.